The highest BCUT2D eigenvalue weighted by Gasteiger charge is 2.35. The van der Waals surface area contributed by atoms with Crippen LogP contribution in [0, 0.1) is 29.6 Å². The van der Waals surface area contributed by atoms with E-state index in [0.717, 1.165) is 42.2 Å². The van der Waals surface area contributed by atoms with E-state index < -0.39 is 0 Å². The maximum atomic E-state index is 3.87. The summed E-state index contributed by atoms with van der Waals surface area (Å²) >= 11 is 0. The molecule has 0 aromatic rings. The highest BCUT2D eigenvalue weighted by molar-refractivity contribution is 4.89. The first kappa shape index (κ1) is 15.4. The lowest BCUT2D eigenvalue weighted by Crippen LogP contribution is -2.45. The monoisotopic (exact) mass is 265 g/mol. The molecule has 2 fully saturated rings. The summed E-state index contributed by atoms with van der Waals surface area (Å²) in [6, 6.07) is 0.812. The zero-order valence-corrected chi connectivity index (χ0v) is 13.6. The van der Waals surface area contributed by atoms with Crippen LogP contribution in [0.2, 0.25) is 0 Å². The third-order valence-corrected chi connectivity index (χ3v) is 6.15. The molecule has 1 N–H and O–H groups in total. The number of nitrogens with one attached hydrogen (secondary N) is 1. The SMILES string of the molecule is CCNC(C1CCC(C)CC1)C1CCC(C)C(C)C1. The summed E-state index contributed by atoms with van der Waals surface area (Å²) in [7, 11) is 0. The van der Waals surface area contributed by atoms with Gasteiger partial charge in [0.1, 0.15) is 0 Å². The van der Waals surface area contributed by atoms with Crippen molar-refractivity contribution < 1.29 is 0 Å². The van der Waals surface area contributed by atoms with Gasteiger partial charge in [-0.05, 0) is 61.8 Å². The van der Waals surface area contributed by atoms with Gasteiger partial charge in [0.25, 0.3) is 0 Å². The number of hydrogen-bond donors (Lipinski definition) is 1. The summed E-state index contributed by atoms with van der Waals surface area (Å²) in [4.78, 5) is 0. The quantitative estimate of drug-likeness (QED) is 0.765. The number of rotatable bonds is 4. The summed E-state index contributed by atoms with van der Waals surface area (Å²) in [5.41, 5.74) is 0. The first-order chi connectivity index (χ1) is 9.11. The number of hydrogen-bond acceptors (Lipinski definition) is 1. The molecule has 0 bridgehead atoms. The van der Waals surface area contributed by atoms with E-state index in [0.29, 0.717) is 0 Å². The van der Waals surface area contributed by atoms with Crippen molar-refractivity contribution in [2.75, 3.05) is 6.54 Å². The van der Waals surface area contributed by atoms with E-state index in [1.54, 1.807) is 0 Å². The van der Waals surface area contributed by atoms with Gasteiger partial charge in [0.15, 0.2) is 0 Å². The van der Waals surface area contributed by atoms with Crippen LogP contribution in [0.1, 0.15) is 72.6 Å². The second kappa shape index (κ2) is 7.11. The second-order valence-electron chi connectivity index (χ2n) is 7.63. The molecule has 2 aliphatic carbocycles. The van der Waals surface area contributed by atoms with E-state index in [2.05, 4.69) is 33.0 Å². The molecule has 0 aromatic carbocycles. The van der Waals surface area contributed by atoms with E-state index >= 15 is 0 Å². The van der Waals surface area contributed by atoms with E-state index in [1.165, 1.54) is 44.9 Å². The zero-order valence-electron chi connectivity index (χ0n) is 13.6. The molecule has 4 atom stereocenters. The fourth-order valence-electron chi connectivity index (χ4n) is 4.51. The van der Waals surface area contributed by atoms with Crippen molar-refractivity contribution in [2.24, 2.45) is 29.6 Å². The van der Waals surface area contributed by atoms with Crippen molar-refractivity contribution in [1.29, 1.82) is 0 Å². The summed E-state index contributed by atoms with van der Waals surface area (Å²) in [5, 5.41) is 3.87. The Hall–Kier alpha value is -0.0400. The normalized spacial score (nSPS) is 42.0. The van der Waals surface area contributed by atoms with E-state index in [9.17, 15) is 0 Å². The zero-order chi connectivity index (χ0) is 13.8. The van der Waals surface area contributed by atoms with Gasteiger partial charge in [0.2, 0.25) is 0 Å². The summed E-state index contributed by atoms with van der Waals surface area (Å²) in [5.74, 6) is 4.77. The van der Waals surface area contributed by atoms with Crippen molar-refractivity contribution in [3.63, 3.8) is 0 Å². The Bertz CT molecular complexity index is 254. The maximum Gasteiger partial charge on any atom is 0.0124 e. The van der Waals surface area contributed by atoms with Gasteiger partial charge in [-0.3, -0.25) is 0 Å². The predicted octanol–water partition coefficient (Wildman–Crippen LogP) is 4.86. The minimum atomic E-state index is 0.812. The largest absolute Gasteiger partial charge is 0.314 e. The average molecular weight is 265 g/mol. The predicted molar refractivity (Wildman–Crippen MR) is 84.3 cm³/mol. The van der Waals surface area contributed by atoms with Crippen molar-refractivity contribution in [2.45, 2.75) is 78.7 Å². The van der Waals surface area contributed by atoms with E-state index in [-0.39, 0.29) is 0 Å². The second-order valence-corrected chi connectivity index (χ2v) is 7.63. The average Bonchev–Trinajstić information content (AvgIpc) is 2.41. The molecular formula is C18H35N. The minimum absolute atomic E-state index is 0.812. The molecule has 2 rings (SSSR count). The van der Waals surface area contributed by atoms with Gasteiger partial charge in [-0.1, -0.05) is 47.0 Å². The Morgan fingerprint density at radius 2 is 1.47 bits per heavy atom. The third kappa shape index (κ3) is 3.97. The fourth-order valence-corrected chi connectivity index (χ4v) is 4.51. The van der Waals surface area contributed by atoms with Crippen LogP contribution in [0.25, 0.3) is 0 Å². The first-order valence-electron chi connectivity index (χ1n) is 8.85. The van der Waals surface area contributed by atoms with Gasteiger partial charge >= 0.3 is 0 Å². The molecule has 4 unspecified atom stereocenters. The summed E-state index contributed by atoms with van der Waals surface area (Å²) < 4.78 is 0. The molecule has 2 aliphatic rings. The topological polar surface area (TPSA) is 12.0 Å². The van der Waals surface area contributed by atoms with Gasteiger partial charge in [0, 0.05) is 6.04 Å². The Kier molecular flexibility index (Phi) is 5.74. The summed E-state index contributed by atoms with van der Waals surface area (Å²) in [6.45, 7) is 10.8. The molecule has 1 heteroatoms. The molecule has 112 valence electrons. The van der Waals surface area contributed by atoms with Gasteiger partial charge in [0.05, 0.1) is 0 Å². The fraction of sp³-hybridized carbons (Fsp3) is 1.00. The Balaban J connectivity index is 1.95. The van der Waals surface area contributed by atoms with Gasteiger partial charge in [-0.2, -0.15) is 0 Å². The van der Waals surface area contributed by atoms with Crippen LogP contribution in [-0.2, 0) is 0 Å². The van der Waals surface area contributed by atoms with E-state index in [1.807, 2.05) is 0 Å². The molecule has 1 nitrogen and oxygen atoms in total. The van der Waals surface area contributed by atoms with Crippen molar-refractivity contribution in [1.82, 2.24) is 5.32 Å². The van der Waals surface area contributed by atoms with Crippen molar-refractivity contribution in [3.05, 3.63) is 0 Å². The molecule has 0 aromatic heterocycles. The minimum Gasteiger partial charge on any atom is -0.314 e. The lowest BCUT2D eigenvalue weighted by atomic mass is 9.68. The van der Waals surface area contributed by atoms with Crippen LogP contribution < -0.4 is 5.32 Å². The molecule has 0 aliphatic heterocycles. The maximum absolute atomic E-state index is 3.87. The first-order valence-corrected chi connectivity index (χ1v) is 8.85. The van der Waals surface area contributed by atoms with E-state index in [4.69, 9.17) is 0 Å². The highest BCUT2D eigenvalue weighted by atomic mass is 14.9. The molecule has 19 heavy (non-hydrogen) atoms. The van der Waals surface area contributed by atoms with Crippen molar-refractivity contribution in [3.8, 4) is 0 Å². The molecule has 0 amide bonds. The van der Waals surface area contributed by atoms with Crippen LogP contribution in [0.4, 0.5) is 0 Å². The molecule has 0 saturated heterocycles. The van der Waals surface area contributed by atoms with Crippen LogP contribution in [-0.4, -0.2) is 12.6 Å². The Labute approximate surface area is 120 Å². The van der Waals surface area contributed by atoms with Crippen LogP contribution >= 0.6 is 0 Å². The molecule has 0 spiro atoms. The van der Waals surface area contributed by atoms with Gasteiger partial charge in [-0.15, -0.1) is 0 Å². The van der Waals surface area contributed by atoms with Gasteiger partial charge < -0.3 is 5.32 Å². The van der Waals surface area contributed by atoms with Crippen LogP contribution in [0.3, 0.4) is 0 Å². The molecular weight excluding hydrogens is 230 g/mol. The highest BCUT2D eigenvalue weighted by Crippen LogP contribution is 2.40. The van der Waals surface area contributed by atoms with Crippen molar-refractivity contribution >= 4 is 0 Å². The summed E-state index contributed by atoms with van der Waals surface area (Å²) in [6.07, 6.45) is 10.3. The molecule has 0 radical (unpaired) electrons. The Morgan fingerprint density at radius 1 is 0.842 bits per heavy atom. The van der Waals surface area contributed by atoms with Crippen LogP contribution in [0.5, 0.6) is 0 Å². The Morgan fingerprint density at radius 3 is 2.05 bits per heavy atom. The third-order valence-electron chi connectivity index (χ3n) is 6.15. The molecule has 2 saturated carbocycles. The van der Waals surface area contributed by atoms with Crippen LogP contribution in [0.15, 0.2) is 0 Å². The van der Waals surface area contributed by atoms with Gasteiger partial charge in [-0.25, -0.2) is 0 Å². The smallest absolute Gasteiger partial charge is 0.0124 e. The lowest BCUT2D eigenvalue weighted by Gasteiger charge is -2.42. The lowest BCUT2D eigenvalue weighted by molar-refractivity contribution is 0.117. The standard InChI is InChI=1S/C18H35N/c1-5-19-18(16-9-6-13(2)7-10-16)17-11-8-14(3)15(4)12-17/h13-19H,5-12H2,1-4H3. The molecule has 0 heterocycles.